The maximum absolute atomic E-state index is 13.3. The Morgan fingerprint density at radius 2 is 1.81 bits per heavy atom. The highest BCUT2D eigenvalue weighted by Crippen LogP contribution is 2.51. The first kappa shape index (κ1) is 24.7. The van der Waals surface area contributed by atoms with Gasteiger partial charge in [-0.3, -0.25) is 9.59 Å². The summed E-state index contributed by atoms with van der Waals surface area (Å²) >= 11 is 0. The number of hydrogen-bond acceptors (Lipinski definition) is 7. The molecule has 0 amide bonds. The van der Waals surface area contributed by atoms with Crippen LogP contribution >= 0.6 is 0 Å². The second-order valence-electron chi connectivity index (χ2n) is 7.95. The van der Waals surface area contributed by atoms with Crippen molar-refractivity contribution < 1.29 is 33.3 Å². The Kier molecular flexibility index (Phi) is 8.51. The van der Waals surface area contributed by atoms with Gasteiger partial charge in [-0.05, 0) is 31.4 Å². The Morgan fingerprint density at radius 3 is 2.26 bits per heavy atom. The summed E-state index contributed by atoms with van der Waals surface area (Å²) in [6.07, 6.45) is 3.12. The molecule has 0 unspecified atom stereocenters. The van der Waals surface area contributed by atoms with Crippen LogP contribution in [-0.2, 0) is 19.1 Å². The summed E-state index contributed by atoms with van der Waals surface area (Å²) < 4.78 is 27.8. The third kappa shape index (κ3) is 5.03. The highest BCUT2D eigenvalue weighted by Gasteiger charge is 2.50. The zero-order valence-corrected chi connectivity index (χ0v) is 19.4. The highest BCUT2D eigenvalue weighted by molar-refractivity contribution is 5.86. The Balaban J connectivity index is 2.62. The molecule has 31 heavy (non-hydrogen) atoms. The summed E-state index contributed by atoms with van der Waals surface area (Å²) in [5.74, 6) is 0.691. The van der Waals surface area contributed by atoms with Crippen molar-refractivity contribution in [2.24, 2.45) is 11.3 Å². The van der Waals surface area contributed by atoms with E-state index in [9.17, 15) is 9.59 Å². The molecule has 0 bridgehead atoms. The maximum atomic E-state index is 13.3. The summed E-state index contributed by atoms with van der Waals surface area (Å²) in [7, 11) is 6.24. The SMILES string of the molecule is C=CC[C@@]1([C@H](C)[C@@H](OC(C)=O)c2cc(OC)c(OC)c(OC)c2)C[C@@H](OC)CCC1=O. The minimum absolute atomic E-state index is 0.0435. The molecule has 0 aliphatic heterocycles. The van der Waals surface area contributed by atoms with Crippen molar-refractivity contribution in [1.82, 2.24) is 0 Å². The lowest BCUT2D eigenvalue weighted by Gasteiger charge is -2.45. The third-order valence-electron chi connectivity index (χ3n) is 6.32. The second-order valence-corrected chi connectivity index (χ2v) is 7.95. The molecule has 1 aliphatic rings. The second kappa shape index (κ2) is 10.7. The van der Waals surface area contributed by atoms with Crippen LogP contribution in [0.25, 0.3) is 0 Å². The first-order valence-corrected chi connectivity index (χ1v) is 10.4. The number of carbonyl (C=O) groups excluding carboxylic acids is 2. The molecule has 1 fully saturated rings. The lowest BCUT2D eigenvalue weighted by molar-refractivity contribution is -0.160. The lowest BCUT2D eigenvalue weighted by atomic mass is 9.60. The molecule has 0 radical (unpaired) electrons. The van der Waals surface area contributed by atoms with E-state index in [2.05, 4.69) is 6.58 Å². The average molecular weight is 435 g/mol. The molecule has 4 atom stereocenters. The molecule has 0 saturated heterocycles. The molecule has 0 spiro atoms. The number of esters is 1. The third-order valence-corrected chi connectivity index (χ3v) is 6.32. The Morgan fingerprint density at radius 1 is 1.19 bits per heavy atom. The number of Topliss-reactive ketones (excluding diaryl/α,β-unsaturated/α-hetero) is 1. The van der Waals surface area contributed by atoms with Crippen LogP contribution in [0.1, 0.15) is 51.2 Å². The zero-order chi connectivity index (χ0) is 23.2. The van der Waals surface area contributed by atoms with Gasteiger partial charge < -0.3 is 23.7 Å². The van der Waals surface area contributed by atoms with E-state index >= 15 is 0 Å². The van der Waals surface area contributed by atoms with Gasteiger partial charge in [0.2, 0.25) is 5.75 Å². The van der Waals surface area contributed by atoms with Crippen LogP contribution in [0.15, 0.2) is 24.8 Å². The number of benzene rings is 1. The summed E-state index contributed by atoms with van der Waals surface area (Å²) in [6.45, 7) is 7.18. The van der Waals surface area contributed by atoms with Gasteiger partial charge in [0.1, 0.15) is 11.9 Å². The van der Waals surface area contributed by atoms with Crippen molar-refractivity contribution in [1.29, 1.82) is 0 Å². The predicted octanol–water partition coefficient (Wildman–Crippen LogP) is 4.28. The van der Waals surface area contributed by atoms with Gasteiger partial charge in [-0.15, -0.1) is 6.58 Å². The van der Waals surface area contributed by atoms with E-state index in [4.69, 9.17) is 23.7 Å². The summed E-state index contributed by atoms with van der Waals surface area (Å²) in [4.78, 5) is 25.3. The molecule has 1 saturated carbocycles. The molecule has 7 nitrogen and oxygen atoms in total. The minimum Gasteiger partial charge on any atom is -0.493 e. The lowest BCUT2D eigenvalue weighted by Crippen LogP contribution is -2.47. The summed E-state index contributed by atoms with van der Waals surface area (Å²) in [5.41, 5.74) is -0.103. The summed E-state index contributed by atoms with van der Waals surface area (Å²) in [5, 5.41) is 0. The number of rotatable bonds is 10. The largest absolute Gasteiger partial charge is 0.493 e. The average Bonchev–Trinajstić information content (AvgIpc) is 2.77. The highest BCUT2D eigenvalue weighted by atomic mass is 16.5. The minimum atomic E-state index is -0.763. The number of ketones is 1. The van der Waals surface area contributed by atoms with Crippen molar-refractivity contribution >= 4 is 11.8 Å². The van der Waals surface area contributed by atoms with Gasteiger partial charge in [0.15, 0.2) is 11.5 Å². The molecule has 1 aliphatic carbocycles. The normalized spacial score (nSPS) is 22.9. The Labute approximate surface area is 184 Å². The van der Waals surface area contributed by atoms with Crippen LogP contribution in [0.3, 0.4) is 0 Å². The fraction of sp³-hybridized carbons (Fsp3) is 0.583. The van der Waals surface area contributed by atoms with E-state index in [0.29, 0.717) is 48.5 Å². The Bertz CT molecular complexity index is 778. The van der Waals surface area contributed by atoms with Gasteiger partial charge in [0, 0.05) is 37.4 Å². The van der Waals surface area contributed by atoms with E-state index in [0.717, 1.165) is 0 Å². The van der Waals surface area contributed by atoms with Gasteiger partial charge in [-0.1, -0.05) is 13.0 Å². The molecular weight excluding hydrogens is 400 g/mol. The number of carbonyl (C=O) groups is 2. The number of allylic oxidation sites excluding steroid dienone is 1. The number of methoxy groups -OCH3 is 4. The molecular formula is C24H34O7. The van der Waals surface area contributed by atoms with Crippen molar-refractivity contribution in [3.8, 4) is 17.2 Å². The van der Waals surface area contributed by atoms with Gasteiger partial charge in [0.05, 0.1) is 27.4 Å². The predicted molar refractivity (Wildman–Crippen MR) is 117 cm³/mol. The molecule has 0 N–H and O–H groups in total. The molecule has 172 valence electrons. The van der Waals surface area contributed by atoms with Gasteiger partial charge in [0.25, 0.3) is 0 Å². The molecule has 7 heteroatoms. The van der Waals surface area contributed by atoms with E-state index in [1.54, 1.807) is 25.3 Å². The smallest absolute Gasteiger partial charge is 0.303 e. The van der Waals surface area contributed by atoms with Gasteiger partial charge in [-0.25, -0.2) is 0 Å². The van der Waals surface area contributed by atoms with Crippen molar-refractivity contribution in [3.05, 3.63) is 30.4 Å². The molecule has 0 heterocycles. The van der Waals surface area contributed by atoms with Crippen LogP contribution < -0.4 is 14.2 Å². The maximum Gasteiger partial charge on any atom is 0.303 e. The number of ether oxygens (including phenoxy) is 5. The first-order valence-electron chi connectivity index (χ1n) is 10.4. The molecule has 1 aromatic carbocycles. The van der Waals surface area contributed by atoms with E-state index in [1.165, 1.54) is 28.3 Å². The first-order chi connectivity index (χ1) is 14.8. The monoisotopic (exact) mass is 434 g/mol. The Hall–Kier alpha value is -2.54. The quantitative estimate of drug-likeness (QED) is 0.401. The van der Waals surface area contributed by atoms with Gasteiger partial charge >= 0.3 is 5.97 Å². The van der Waals surface area contributed by atoms with Crippen LogP contribution in [0.4, 0.5) is 0 Å². The van der Waals surface area contributed by atoms with Crippen molar-refractivity contribution in [3.63, 3.8) is 0 Å². The molecule has 2 rings (SSSR count). The topological polar surface area (TPSA) is 80.3 Å². The van der Waals surface area contributed by atoms with Crippen LogP contribution in [0.2, 0.25) is 0 Å². The van der Waals surface area contributed by atoms with Gasteiger partial charge in [-0.2, -0.15) is 0 Å². The standard InChI is InChI=1S/C24H34O7/c1-8-11-24(14-18(27-4)9-10-21(24)26)15(2)22(31-16(3)25)17-12-19(28-5)23(30-7)20(13-17)29-6/h8,12-13,15,18,22H,1,9-11,14H2,2-7H3/t15-,18+,22-,24+/m1/s1. The number of hydrogen-bond donors (Lipinski definition) is 0. The fourth-order valence-electron chi connectivity index (χ4n) is 4.64. The van der Waals surface area contributed by atoms with Crippen LogP contribution in [0.5, 0.6) is 17.2 Å². The van der Waals surface area contributed by atoms with Crippen molar-refractivity contribution in [2.45, 2.75) is 51.7 Å². The van der Waals surface area contributed by atoms with E-state index < -0.39 is 17.5 Å². The van der Waals surface area contributed by atoms with Crippen molar-refractivity contribution in [2.75, 3.05) is 28.4 Å². The fourth-order valence-corrected chi connectivity index (χ4v) is 4.64. The van der Waals surface area contributed by atoms with Crippen LogP contribution in [-0.4, -0.2) is 46.3 Å². The summed E-state index contributed by atoms with van der Waals surface area (Å²) in [6, 6.07) is 3.52. The van der Waals surface area contributed by atoms with E-state index in [-0.39, 0.29) is 17.8 Å². The zero-order valence-electron chi connectivity index (χ0n) is 19.4. The molecule has 0 aromatic heterocycles. The van der Waals surface area contributed by atoms with E-state index in [1.807, 2.05) is 6.92 Å². The molecule has 1 aromatic rings. The van der Waals surface area contributed by atoms with Crippen LogP contribution in [0, 0.1) is 11.3 Å².